The molecule has 0 radical (unpaired) electrons. The second-order valence-corrected chi connectivity index (χ2v) is 10.8. The number of aromatic nitrogens is 2. The normalized spacial score (nSPS) is 16.4. The molecule has 5 aromatic rings. The molecule has 2 aliphatic rings. The van der Waals surface area contributed by atoms with E-state index in [1.165, 1.54) is 22.3 Å². The average Bonchev–Trinajstić information content (AvgIpc) is 3.09. The first-order chi connectivity index (χ1) is 20.8. The minimum atomic E-state index is 0.0394. The maximum Gasteiger partial charge on any atom is 0.0796 e. The van der Waals surface area contributed by atoms with E-state index in [2.05, 4.69) is 115 Å². The second-order valence-electron chi connectivity index (χ2n) is 10.8. The van der Waals surface area contributed by atoms with E-state index in [-0.39, 0.29) is 6.04 Å². The first kappa shape index (κ1) is 25.8. The highest BCUT2D eigenvalue weighted by molar-refractivity contribution is 6.13. The van der Waals surface area contributed by atoms with Crippen molar-refractivity contribution in [2.45, 2.75) is 25.3 Å². The molecule has 0 fully saturated rings. The lowest BCUT2D eigenvalue weighted by molar-refractivity contribution is 0.748. The van der Waals surface area contributed by atoms with Crippen molar-refractivity contribution in [1.29, 1.82) is 0 Å². The van der Waals surface area contributed by atoms with Crippen LogP contribution in [0.3, 0.4) is 0 Å². The number of dihydropyridines is 1. The van der Waals surface area contributed by atoms with Gasteiger partial charge in [-0.15, -0.1) is 0 Å². The fourth-order valence-corrected chi connectivity index (χ4v) is 5.72. The van der Waals surface area contributed by atoms with E-state index in [0.717, 1.165) is 58.6 Å². The van der Waals surface area contributed by atoms with Crippen molar-refractivity contribution >= 4 is 16.9 Å². The highest BCUT2D eigenvalue weighted by Crippen LogP contribution is 2.38. The van der Waals surface area contributed by atoms with Gasteiger partial charge in [-0.1, -0.05) is 91.0 Å². The van der Waals surface area contributed by atoms with Gasteiger partial charge >= 0.3 is 0 Å². The molecule has 1 aliphatic heterocycles. The third-order valence-electron chi connectivity index (χ3n) is 7.93. The van der Waals surface area contributed by atoms with Gasteiger partial charge in [-0.2, -0.15) is 0 Å². The van der Waals surface area contributed by atoms with Gasteiger partial charge in [-0.05, 0) is 95.1 Å². The smallest absolute Gasteiger partial charge is 0.0796 e. The van der Waals surface area contributed by atoms with Crippen molar-refractivity contribution in [3.05, 3.63) is 168 Å². The minimum Gasteiger partial charge on any atom is -0.276 e. The maximum absolute atomic E-state index is 5.22. The summed E-state index contributed by atoms with van der Waals surface area (Å²) in [5, 5.41) is 0. The summed E-state index contributed by atoms with van der Waals surface area (Å²) in [5.41, 5.74) is 12.2. The molecule has 0 spiro atoms. The number of aliphatic imine (C=N–C) groups is 1. The van der Waals surface area contributed by atoms with Gasteiger partial charge in [0, 0.05) is 23.5 Å². The van der Waals surface area contributed by atoms with Crippen LogP contribution in [0.4, 0.5) is 0 Å². The fourth-order valence-electron chi connectivity index (χ4n) is 5.72. The van der Waals surface area contributed by atoms with Crippen molar-refractivity contribution in [3.63, 3.8) is 0 Å². The summed E-state index contributed by atoms with van der Waals surface area (Å²) < 4.78 is 0. The molecule has 1 atom stereocenters. The topological polar surface area (TPSA) is 38.1 Å². The van der Waals surface area contributed by atoms with Gasteiger partial charge in [0.05, 0.1) is 23.1 Å². The zero-order valence-corrected chi connectivity index (χ0v) is 23.4. The van der Waals surface area contributed by atoms with Crippen molar-refractivity contribution in [3.8, 4) is 22.5 Å². The average molecular weight is 542 g/mol. The van der Waals surface area contributed by atoms with Gasteiger partial charge in [0.25, 0.3) is 0 Å². The number of nitrogens with zero attached hydrogens (tertiary/aromatic N) is 3. The molecule has 1 aliphatic carbocycles. The zero-order valence-electron chi connectivity index (χ0n) is 23.4. The van der Waals surface area contributed by atoms with Crippen molar-refractivity contribution < 1.29 is 0 Å². The van der Waals surface area contributed by atoms with Gasteiger partial charge in [0.15, 0.2) is 0 Å². The van der Waals surface area contributed by atoms with Crippen LogP contribution >= 0.6 is 0 Å². The van der Waals surface area contributed by atoms with Crippen LogP contribution in [0, 0.1) is 0 Å². The number of allylic oxidation sites excluding steroid dienone is 5. The van der Waals surface area contributed by atoms with Gasteiger partial charge in [0.1, 0.15) is 0 Å². The van der Waals surface area contributed by atoms with Gasteiger partial charge < -0.3 is 0 Å². The Bertz CT molecular complexity index is 1810. The molecule has 3 heterocycles. The molecule has 1 unspecified atom stereocenters. The molecule has 0 saturated heterocycles. The van der Waals surface area contributed by atoms with E-state index in [9.17, 15) is 0 Å². The lowest BCUT2D eigenvalue weighted by Gasteiger charge is -2.23. The van der Waals surface area contributed by atoms with Crippen LogP contribution in [0.2, 0.25) is 0 Å². The summed E-state index contributed by atoms with van der Waals surface area (Å²) in [6.07, 6.45) is 15.8. The number of hydrogen-bond donors (Lipinski definition) is 0. The summed E-state index contributed by atoms with van der Waals surface area (Å²) in [4.78, 5) is 14.8. The van der Waals surface area contributed by atoms with E-state index >= 15 is 0 Å². The summed E-state index contributed by atoms with van der Waals surface area (Å²) >= 11 is 0. The molecule has 202 valence electrons. The van der Waals surface area contributed by atoms with Gasteiger partial charge in [-0.25, -0.2) is 0 Å². The predicted octanol–water partition coefficient (Wildman–Crippen LogP) is 9.56. The second kappa shape index (κ2) is 11.8. The molecule has 3 aromatic carbocycles. The molecule has 3 heteroatoms. The van der Waals surface area contributed by atoms with Crippen LogP contribution < -0.4 is 0 Å². The Labute approximate surface area is 247 Å². The Morgan fingerprint density at radius 3 is 2.02 bits per heavy atom. The van der Waals surface area contributed by atoms with Crippen LogP contribution in [0.25, 0.3) is 33.7 Å². The quantitative estimate of drug-likeness (QED) is 0.215. The first-order valence-corrected chi connectivity index (χ1v) is 14.6. The lowest BCUT2D eigenvalue weighted by atomic mass is 9.87. The Kier molecular flexibility index (Phi) is 7.22. The first-order valence-electron chi connectivity index (χ1n) is 14.6. The molecule has 0 N–H and O–H groups in total. The Morgan fingerprint density at radius 1 is 0.595 bits per heavy atom. The highest BCUT2D eigenvalue weighted by atomic mass is 14.8. The highest BCUT2D eigenvalue weighted by Gasteiger charge is 2.21. The van der Waals surface area contributed by atoms with E-state index in [1.54, 1.807) is 0 Å². The number of rotatable bonds is 6. The molecular weight excluding hydrogens is 510 g/mol. The molecule has 42 heavy (non-hydrogen) atoms. The third kappa shape index (κ3) is 5.55. The minimum absolute atomic E-state index is 0.0394. The standard InChI is InChI=1S/C39H31N3/c1-4-12-28(13-5-1)31-19-20-37(41-27-31)35-23-32(22-34(24-35)36-18-10-11-21-40-36)33-25-38(29-14-6-2-7-15-29)42-39(26-33)30-16-8-3-9-17-30/h2-4,6-25,27,39H,1,5,26H2. The van der Waals surface area contributed by atoms with E-state index < -0.39 is 0 Å². The fraction of sp³-hybridized carbons (Fsp3) is 0.103. The zero-order chi connectivity index (χ0) is 28.1. The summed E-state index contributed by atoms with van der Waals surface area (Å²) in [6, 6.07) is 38.3. The number of hydrogen-bond acceptors (Lipinski definition) is 3. The maximum atomic E-state index is 5.22. The molecule has 0 bridgehead atoms. The Balaban J connectivity index is 1.33. The van der Waals surface area contributed by atoms with Crippen LogP contribution in [-0.2, 0) is 0 Å². The summed E-state index contributed by atoms with van der Waals surface area (Å²) in [6.45, 7) is 0. The van der Waals surface area contributed by atoms with Crippen LogP contribution in [-0.4, -0.2) is 15.7 Å². The van der Waals surface area contributed by atoms with Crippen molar-refractivity contribution in [2.24, 2.45) is 4.99 Å². The largest absolute Gasteiger partial charge is 0.276 e. The van der Waals surface area contributed by atoms with Crippen LogP contribution in [0.1, 0.15) is 47.6 Å². The van der Waals surface area contributed by atoms with E-state index in [4.69, 9.17) is 15.0 Å². The van der Waals surface area contributed by atoms with Gasteiger partial charge in [0.2, 0.25) is 0 Å². The molecule has 0 saturated carbocycles. The van der Waals surface area contributed by atoms with Crippen molar-refractivity contribution in [1.82, 2.24) is 9.97 Å². The number of benzene rings is 3. The number of pyridine rings is 2. The van der Waals surface area contributed by atoms with Gasteiger partial charge in [-0.3, -0.25) is 15.0 Å². The molecule has 3 nitrogen and oxygen atoms in total. The third-order valence-corrected chi connectivity index (χ3v) is 7.93. The van der Waals surface area contributed by atoms with E-state index in [0.29, 0.717) is 0 Å². The Morgan fingerprint density at radius 2 is 1.33 bits per heavy atom. The SMILES string of the molecule is C1=CC(c2ccc(-c3cc(C4=CC(c5ccccc5)=NC(c5ccccc5)C4)cc(-c4ccccn4)c3)nc2)=CCC1. The van der Waals surface area contributed by atoms with Crippen molar-refractivity contribution in [2.75, 3.05) is 0 Å². The molecular formula is C39H31N3. The molecule has 7 rings (SSSR count). The summed E-state index contributed by atoms with van der Waals surface area (Å²) in [5.74, 6) is 0. The monoisotopic (exact) mass is 541 g/mol. The lowest BCUT2D eigenvalue weighted by Crippen LogP contribution is -2.10. The molecule has 0 amide bonds. The van der Waals surface area contributed by atoms with Crippen LogP contribution in [0.5, 0.6) is 0 Å². The summed E-state index contributed by atoms with van der Waals surface area (Å²) in [7, 11) is 0. The van der Waals surface area contributed by atoms with Crippen LogP contribution in [0.15, 0.2) is 151 Å². The van der Waals surface area contributed by atoms with E-state index in [1.807, 2.05) is 30.6 Å². The molecule has 2 aromatic heterocycles. The predicted molar refractivity (Wildman–Crippen MR) is 174 cm³/mol. The Hall–Kier alpha value is -5.15.